The first-order chi connectivity index (χ1) is 14.5. The fraction of sp³-hybridized carbons (Fsp3) is 0.545. The highest BCUT2D eigenvalue weighted by molar-refractivity contribution is 7.91. The van der Waals surface area contributed by atoms with Gasteiger partial charge in [-0.3, -0.25) is 0 Å². The van der Waals surface area contributed by atoms with Crippen LogP contribution in [0.15, 0.2) is 29.2 Å². The highest BCUT2D eigenvalue weighted by Crippen LogP contribution is 2.35. The average Bonchev–Trinajstić information content (AvgIpc) is 3.12. The zero-order valence-corrected chi connectivity index (χ0v) is 19.0. The van der Waals surface area contributed by atoms with E-state index in [-0.39, 0.29) is 18.6 Å². The molecule has 1 aromatic carbocycles. The van der Waals surface area contributed by atoms with Gasteiger partial charge < -0.3 is 19.9 Å². The number of fused-ring (bicyclic) bond motifs is 1. The Bertz CT molecular complexity index is 889. The Labute approximate surface area is 186 Å². The van der Waals surface area contributed by atoms with Crippen LogP contribution in [0.4, 0.5) is 11.8 Å². The third kappa shape index (κ3) is 4.54. The molecule has 2 aliphatic heterocycles. The summed E-state index contributed by atoms with van der Waals surface area (Å²) in [6.45, 7) is 5.84. The van der Waals surface area contributed by atoms with Crippen LogP contribution in [0.5, 0.6) is 0 Å². The van der Waals surface area contributed by atoms with Crippen LogP contribution >= 0.6 is 11.6 Å². The van der Waals surface area contributed by atoms with Gasteiger partial charge in [-0.2, -0.15) is 4.98 Å². The second-order valence-corrected chi connectivity index (χ2v) is 10.4. The number of nitrogens with zero attached hydrogens (tertiary/aromatic N) is 3. The molecule has 0 saturated carbocycles. The normalized spacial score (nSPS) is 20.5. The van der Waals surface area contributed by atoms with E-state index >= 15 is 0 Å². The van der Waals surface area contributed by atoms with Crippen LogP contribution in [0.1, 0.15) is 43.9 Å². The lowest BCUT2D eigenvalue weighted by atomic mass is 9.89. The summed E-state index contributed by atoms with van der Waals surface area (Å²) in [6, 6.07) is 8.00. The molecular formula is C22H29ClN4O2S. The van der Waals surface area contributed by atoms with Gasteiger partial charge >= 0.3 is 0 Å². The molecule has 8 heteroatoms. The van der Waals surface area contributed by atoms with E-state index in [0.717, 1.165) is 36.6 Å². The van der Waals surface area contributed by atoms with E-state index in [1.165, 1.54) is 5.56 Å². The fourth-order valence-electron chi connectivity index (χ4n) is 4.20. The van der Waals surface area contributed by atoms with Crippen molar-refractivity contribution in [3.8, 4) is 0 Å². The number of halogens is 1. The summed E-state index contributed by atoms with van der Waals surface area (Å²) in [4.78, 5) is 12.5. The average molecular weight is 449 g/mol. The summed E-state index contributed by atoms with van der Waals surface area (Å²) in [5.41, 5.74) is 2.16. The van der Waals surface area contributed by atoms with E-state index in [1.807, 2.05) is 26.0 Å². The van der Waals surface area contributed by atoms with Crippen molar-refractivity contribution in [3.63, 3.8) is 0 Å². The first kappa shape index (κ1) is 21.7. The molecule has 6 nitrogen and oxygen atoms in total. The molecule has 1 unspecified atom stereocenters. The molecule has 4 rings (SSSR count). The minimum atomic E-state index is -1.09. The minimum absolute atomic E-state index is 0.00341. The molecule has 0 bridgehead atoms. The van der Waals surface area contributed by atoms with Gasteiger partial charge in [-0.15, -0.1) is 0 Å². The number of aromatic nitrogens is 2. The summed E-state index contributed by atoms with van der Waals surface area (Å²) in [5, 5.41) is 13.9. The first-order valence-corrected chi connectivity index (χ1v) is 12.3. The van der Waals surface area contributed by atoms with E-state index < -0.39 is 11.2 Å². The molecule has 30 heavy (non-hydrogen) atoms. The lowest BCUT2D eigenvalue weighted by Gasteiger charge is -2.33. The quantitative estimate of drug-likeness (QED) is 0.657. The second kappa shape index (κ2) is 9.30. The standard InChI is InChI=1S/C22H29ClN4O2S/c1-14(2)19(13-28)24-21-20-18(8-11-30(20)29)25-22(26-21)27-9-6-15(7-10-27)16-4-3-5-17(23)12-16/h3-5,12,14-15,19,28H,6-11,13H2,1-2H3,(H,24,25,26)/t19-,30?/m0/s1. The predicted molar refractivity (Wildman–Crippen MR) is 122 cm³/mol. The summed E-state index contributed by atoms with van der Waals surface area (Å²) in [7, 11) is 0. The Morgan fingerprint density at radius 3 is 2.73 bits per heavy atom. The summed E-state index contributed by atoms with van der Waals surface area (Å²) in [5.74, 6) is 2.62. The van der Waals surface area contributed by atoms with Gasteiger partial charge in [0.25, 0.3) is 0 Å². The number of aliphatic hydroxyl groups is 1. The van der Waals surface area contributed by atoms with Crippen molar-refractivity contribution in [3.05, 3.63) is 40.5 Å². The van der Waals surface area contributed by atoms with E-state index in [1.54, 1.807) is 0 Å². The molecule has 0 aliphatic carbocycles. The van der Waals surface area contributed by atoms with Gasteiger partial charge in [0, 0.05) is 24.5 Å². The highest BCUT2D eigenvalue weighted by Gasteiger charge is 2.34. The Kier molecular flexibility index (Phi) is 6.72. The predicted octanol–water partition coefficient (Wildman–Crippen LogP) is 3.61. The van der Waals surface area contributed by atoms with Crippen LogP contribution in [0, 0.1) is 5.92 Å². The van der Waals surface area contributed by atoms with Crippen LogP contribution in [0.2, 0.25) is 5.02 Å². The highest BCUT2D eigenvalue weighted by atomic mass is 35.5. The molecule has 3 heterocycles. The van der Waals surface area contributed by atoms with Gasteiger partial charge in [-0.05, 0) is 53.5 Å². The third-order valence-electron chi connectivity index (χ3n) is 6.10. The van der Waals surface area contributed by atoms with Crippen molar-refractivity contribution in [2.24, 2.45) is 5.92 Å². The fourth-order valence-corrected chi connectivity index (χ4v) is 5.71. The molecule has 2 aromatic rings. The van der Waals surface area contributed by atoms with E-state index in [9.17, 15) is 9.66 Å². The van der Waals surface area contributed by atoms with Crippen molar-refractivity contribution in [2.75, 3.05) is 35.7 Å². The van der Waals surface area contributed by atoms with Gasteiger partial charge in [-0.25, -0.2) is 4.98 Å². The van der Waals surface area contributed by atoms with Gasteiger partial charge in [0.2, 0.25) is 10.8 Å². The zero-order valence-electron chi connectivity index (χ0n) is 17.5. The molecular weight excluding hydrogens is 420 g/mol. The SMILES string of the molecule is CC(C)[C@H](CO)Nc1nc(N2CCC(c3cccc(Cl)c3)CC2)nc2c1[S+]([O-])CC2. The second-order valence-electron chi connectivity index (χ2n) is 8.44. The summed E-state index contributed by atoms with van der Waals surface area (Å²) >= 11 is 5.08. The van der Waals surface area contributed by atoms with E-state index in [2.05, 4.69) is 22.3 Å². The van der Waals surface area contributed by atoms with Crippen LogP contribution in [-0.2, 0) is 17.6 Å². The van der Waals surface area contributed by atoms with E-state index in [0.29, 0.717) is 34.8 Å². The van der Waals surface area contributed by atoms with Gasteiger partial charge in [0.1, 0.15) is 11.4 Å². The lowest BCUT2D eigenvalue weighted by molar-refractivity contribution is 0.248. The van der Waals surface area contributed by atoms with Crippen LogP contribution in [0.25, 0.3) is 0 Å². The molecule has 2 atom stereocenters. The zero-order chi connectivity index (χ0) is 21.3. The van der Waals surface area contributed by atoms with Crippen molar-refractivity contribution < 1.29 is 9.66 Å². The number of piperidine rings is 1. The Morgan fingerprint density at radius 1 is 1.30 bits per heavy atom. The van der Waals surface area contributed by atoms with Crippen molar-refractivity contribution in [1.29, 1.82) is 0 Å². The number of anilines is 2. The molecule has 0 amide bonds. The van der Waals surface area contributed by atoms with Gasteiger partial charge in [0.05, 0.1) is 12.6 Å². The van der Waals surface area contributed by atoms with Gasteiger partial charge in [-0.1, -0.05) is 37.6 Å². The number of rotatable bonds is 6. The van der Waals surface area contributed by atoms with Crippen molar-refractivity contribution >= 4 is 34.5 Å². The van der Waals surface area contributed by atoms with Crippen LogP contribution in [-0.4, -0.2) is 51.1 Å². The third-order valence-corrected chi connectivity index (χ3v) is 7.79. The summed E-state index contributed by atoms with van der Waals surface area (Å²) in [6.07, 6.45) is 2.73. The largest absolute Gasteiger partial charge is 0.611 e. The molecule has 2 aliphatic rings. The maximum absolute atomic E-state index is 12.5. The summed E-state index contributed by atoms with van der Waals surface area (Å²) < 4.78 is 12.5. The maximum atomic E-state index is 12.5. The number of benzene rings is 1. The van der Waals surface area contributed by atoms with Crippen LogP contribution in [0.3, 0.4) is 0 Å². The Balaban J connectivity index is 1.54. The number of hydrogen-bond donors (Lipinski definition) is 2. The van der Waals surface area contributed by atoms with Crippen molar-refractivity contribution in [1.82, 2.24) is 9.97 Å². The molecule has 1 fully saturated rings. The Hall–Kier alpha value is -1.54. The number of nitrogens with one attached hydrogen (secondary N) is 1. The monoisotopic (exact) mass is 448 g/mol. The van der Waals surface area contributed by atoms with Crippen molar-refractivity contribution in [2.45, 2.75) is 50.0 Å². The maximum Gasteiger partial charge on any atom is 0.227 e. The number of aliphatic hydroxyl groups excluding tert-OH is 1. The molecule has 1 saturated heterocycles. The molecule has 0 spiro atoms. The first-order valence-electron chi connectivity index (χ1n) is 10.6. The lowest BCUT2D eigenvalue weighted by Crippen LogP contribution is -2.35. The molecule has 0 radical (unpaired) electrons. The number of aryl methyl sites for hydroxylation is 1. The molecule has 162 valence electrons. The molecule has 1 aromatic heterocycles. The number of hydrogen-bond acceptors (Lipinski definition) is 6. The molecule has 2 N–H and O–H groups in total. The topological polar surface area (TPSA) is 84.3 Å². The Morgan fingerprint density at radius 2 is 2.07 bits per heavy atom. The van der Waals surface area contributed by atoms with Gasteiger partial charge in [0.15, 0.2) is 5.82 Å². The smallest absolute Gasteiger partial charge is 0.227 e. The minimum Gasteiger partial charge on any atom is -0.611 e. The van der Waals surface area contributed by atoms with Crippen LogP contribution < -0.4 is 10.2 Å². The van der Waals surface area contributed by atoms with E-state index in [4.69, 9.17) is 21.6 Å².